The third kappa shape index (κ3) is 7.82. The topological polar surface area (TPSA) is 61.8 Å². The highest BCUT2D eigenvalue weighted by Gasteiger charge is 2.17. The minimum atomic E-state index is -0.535. The number of nitrogens with zero attached hydrogens (tertiary/aromatic N) is 1. The number of amides is 1. The largest absolute Gasteiger partial charge is 0.389 e. The maximum absolute atomic E-state index is 11.7. The second kappa shape index (κ2) is 11.1. The number of aliphatic hydroxyl groups is 1. The average Bonchev–Trinajstić information content (AvgIpc) is 2.96. The average molecular weight is 286 g/mol. The first-order valence-corrected chi connectivity index (χ1v) is 7.98. The summed E-state index contributed by atoms with van der Waals surface area (Å²) in [6, 6.07) is 0. The summed E-state index contributed by atoms with van der Waals surface area (Å²) in [5.74, 6) is 0.134. The molecule has 2 N–H and O–H groups in total. The van der Waals surface area contributed by atoms with Gasteiger partial charge in [-0.1, -0.05) is 26.2 Å². The number of aliphatic hydroxyl groups excluding tert-OH is 1. The van der Waals surface area contributed by atoms with E-state index >= 15 is 0 Å². The Morgan fingerprint density at radius 3 is 2.75 bits per heavy atom. The molecule has 1 aliphatic rings. The number of hydrogen-bond acceptors (Lipinski definition) is 4. The fourth-order valence-electron chi connectivity index (χ4n) is 2.33. The van der Waals surface area contributed by atoms with Crippen molar-refractivity contribution in [1.82, 2.24) is 10.2 Å². The van der Waals surface area contributed by atoms with Crippen LogP contribution in [0.2, 0.25) is 0 Å². The van der Waals surface area contributed by atoms with Crippen molar-refractivity contribution < 1.29 is 14.6 Å². The van der Waals surface area contributed by atoms with Crippen LogP contribution in [-0.4, -0.2) is 61.4 Å². The number of rotatable bonds is 11. The first-order chi connectivity index (χ1) is 9.74. The SMILES string of the molecule is CCCCCCOCC(O)CNCC(=O)N1CCCC1. The summed E-state index contributed by atoms with van der Waals surface area (Å²) in [5.41, 5.74) is 0. The summed E-state index contributed by atoms with van der Waals surface area (Å²) in [4.78, 5) is 13.6. The molecule has 118 valence electrons. The van der Waals surface area contributed by atoms with Gasteiger partial charge in [0, 0.05) is 26.2 Å². The molecule has 1 saturated heterocycles. The van der Waals surface area contributed by atoms with Gasteiger partial charge in [-0.25, -0.2) is 0 Å². The number of carbonyl (C=O) groups is 1. The zero-order valence-corrected chi connectivity index (χ0v) is 12.8. The lowest BCUT2D eigenvalue weighted by atomic mass is 10.2. The Hall–Kier alpha value is -0.650. The van der Waals surface area contributed by atoms with Gasteiger partial charge in [-0.2, -0.15) is 0 Å². The monoisotopic (exact) mass is 286 g/mol. The van der Waals surface area contributed by atoms with Crippen molar-refractivity contribution in [3.05, 3.63) is 0 Å². The summed E-state index contributed by atoms with van der Waals surface area (Å²) >= 11 is 0. The van der Waals surface area contributed by atoms with Gasteiger partial charge in [0.1, 0.15) is 0 Å². The van der Waals surface area contributed by atoms with Gasteiger partial charge >= 0.3 is 0 Å². The van der Waals surface area contributed by atoms with Gasteiger partial charge in [-0.15, -0.1) is 0 Å². The van der Waals surface area contributed by atoms with Crippen molar-refractivity contribution in [2.45, 2.75) is 51.6 Å². The highest BCUT2D eigenvalue weighted by Crippen LogP contribution is 2.06. The Bertz CT molecular complexity index is 256. The fraction of sp³-hybridized carbons (Fsp3) is 0.933. The van der Waals surface area contributed by atoms with Gasteiger partial charge in [-0.3, -0.25) is 4.79 Å². The predicted molar refractivity (Wildman–Crippen MR) is 79.7 cm³/mol. The Morgan fingerprint density at radius 2 is 2.05 bits per heavy atom. The van der Waals surface area contributed by atoms with Crippen LogP contribution in [0.4, 0.5) is 0 Å². The molecule has 1 amide bonds. The number of nitrogens with one attached hydrogen (secondary N) is 1. The predicted octanol–water partition coefficient (Wildman–Crippen LogP) is 1.16. The first kappa shape index (κ1) is 17.4. The molecule has 0 aromatic carbocycles. The Morgan fingerprint density at radius 1 is 1.30 bits per heavy atom. The standard InChI is InChI=1S/C15H30N2O3/c1-2-3-4-7-10-20-13-14(18)11-16-12-15(19)17-8-5-6-9-17/h14,16,18H,2-13H2,1H3. The zero-order chi connectivity index (χ0) is 14.6. The number of unbranched alkanes of at least 4 members (excludes halogenated alkanes) is 3. The third-order valence-corrected chi connectivity index (χ3v) is 3.57. The maximum atomic E-state index is 11.7. The molecule has 1 rings (SSSR count). The quantitative estimate of drug-likeness (QED) is 0.560. The van der Waals surface area contributed by atoms with Crippen LogP contribution >= 0.6 is 0 Å². The van der Waals surface area contributed by atoms with Crippen LogP contribution in [-0.2, 0) is 9.53 Å². The molecular weight excluding hydrogens is 256 g/mol. The Labute approximate surface area is 122 Å². The molecule has 0 saturated carbocycles. The lowest BCUT2D eigenvalue weighted by Crippen LogP contribution is -2.39. The molecule has 5 nitrogen and oxygen atoms in total. The van der Waals surface area contributed by atoms with Crippen LogP contribution in [0.25, 0.3) is 0 Å². The highest BCUT2D eigenvalue weighted by molar-refractivity contribution is 5.78. The maximum Gasteiger partial charge on any atom is 0.236 e. The van der Waals surface area contributed by atoms with E-state index in [0.29, 0.717) is 26.3 Å². The van der Waals surface area contributed by atoms with Crippen LogP contribution in [0.3, 0.4) is 0 Å². The van der Waals surface area contributed by atoms with E-state index < -0.39 is 6.10 Å². The van der Waals surface area contributed by atoms with Crippen molar-refractivity contribution in [1.29, 1.82) is 0 Å². The van der Waals surface area contributed by atoms with Gasteiger partial charge in [0.25, 0.3) is 0 Å². The van der Waals surface area contributed by atoms with Gasteiger partial charge in [0.05, 0.1) is 19.3 Å². The second-order valence-corrected chi connectivity index (χ2v) is 5.51. The van der Waals surface area contributed by atoms with Gasteiger partial charge in [0.15, 0.2) is 0 Å². The molecule has 0 radical (unpaired) electrons. The van der Waals surface area contributed by atoms with Crippen molar-refractivity contribution in [2.75, 3.05) is 39.4 Å². The molecule has 1 unspecified atom stereocenters. The third-order valence-electron chi connectivity index (χ3n) is 3.57. The van der Waals surface area contributed by atoms with E-state index in [0.717, 1.165) is 32.4 Å². The number of likely N-dealkylation sites (tertiary alicyclic amines) is 1. The molecule has 0 aromatic rings. The van der Waals surface area contributed by atoms with E-state index in [4.69, 9.17) is 4.74 Å². The minimum Gasteiger partial charge on any atom is -0.389 e. The van der Waals surface area contributed by atoms with Crippen molar-refractivity contribution in [2.24, 2.45) is 0 Å². The van der Waals surface area contributed by atoms with Gasteiger partial charge in [0.2, 0.25) is 5.91 Å². The highest BCUT2D eigenvalue weighted by atomic mass is 16.5. The van der Waals surface area contributed by atoms with E-state index in [9.17, 15) is 9.90 Å². The molecule has 1 atom stereocenters. The summed E-state index contributed by atoms with van der Waals surface area (Å²) in [6.45, 7) is 5.72. The normalized spacial score (nSPS) is 16.6. The summed E-state index contributed by atoms with van der Waals surface area (Å²) in [6.07, 6.45) is 6.40. The number of hydrogen-bond donors (Lipinski definition) is 2. The molecule has 0 aromatic heterocycles. The van der Waals surface area contributed by atoms with Crippen LogP contribution in [0.15, 0.2) is 0 Å². The minimum absolute atomic E-state index is 0.134. The molecule has 0 aliphatic carbocycles. The summed E-state index contributed by atoms with van der Waals surface area (Å²) in [7, 11) is 0. The van der Waals surface area contributed by atoms with Gasteiger partial charge in [-0.05, 0) is 19.3 Å². The first-order valence-electron chi connectivity index (χ1n) is 7.98. The molecule has 5 heteroatoms. The lowest BCUT2D eigenvalue weighted by Gasteiger charge is -2.17. The van der Waals surface area contributed by atoms with Crippen molar-refractivity contribution in [3.63, 3.8) is 0 Å². The van der Waals surface area contributed by atoms with Gasteiger partial charge < -0.3 is 20.1 Å². The van der Waals surface area contributed by atoms with E-state index in [1.54, 1.807) is 0 Å². The van der Waals surface area contributed by atoms with Crippen LogP contribution in [0.5, 0.6) is 0 Å². The number of carbonyl (C=O) groups excluding carboxylic acids is 1. The summed E-state index contributed by atoms with van der Waals surface area (Å²) in [5, 5.41) is 12.7. The Kier molecular flexibility index (Phi) is 9.62. The van der Waals surface area contributed by atoms with E-state index in [-0.39, 0.29) is 5.91 Å². The summed E-state index contributed by atoms with van der Waals surface area (Å²) < 4.78 is 5.41. The lowest BCUT2D eigenvalue weighted by molar-refractivity contribution is -0.129. The fourth-order valence-corrected chi connectivity index (χ4v) is 2.33. The van der Waals surface area contributed by atoms with E-state index in [2.05, 4.69) is 12.2 Å². The van der Waals surface area contributed by atoms with Crippen LogP contribution in [0.1, 0.15) is 45.4 Å². The van der Waals surface area contributed by atoms with Crippen LogP contribution in [0, 0.1) is 0 Å². The van der Waals surface area contributed by atoms with E-state index in [1.807, 2.05) is 4.90 Å². The molecule has 20 heavy (non-hydrogen) atoms. The Balaban J connectivity index is 1.91. The smallest absolute Gasteiger partial charge is 0.236 e. The molecule has 0 spiro atoms. The molecular formula is C15H30N2O3. The second-order valence-electron chi connectivity index (χ2n) is 5.51. The van der Waals surface area contributed by atoms with E-state index in [1.165, 1.54) is 19.3 Å². The molecule has 0 bridgehead atoms. The van der Waals surface area contributed by atoms with Crippen molar-refractivity contribution >= 4 is 5.91 Å². The zero-order valence-electron chi connectivity index (χ0n) is 12.8. The van der Waals surface area contributed by atoms with Crippen molar-refractivity contribution in [3.8, 4) is 0 Å². The molecule has 1 heterocycles. The molecule has 1 aliphatic heterocycles. The van der Waals surface area contributed by atoms with Crippen LogP contribution < -0.4 is 5.32 Å². The molecule has 1 fully saturated rings. The number of ether oxygens (including phenoxy) is 1.